The number of carboxylic acid groups (broad SMARTS) is 1. The molecule has 0 radical (unpaired) electrons. The van der Waals surface area contributed by atoms with E-state index in [1.165, 1.54) is 0 Å². The standard InChI is InChI=1S/C6H12N2O2/c9-6(10)2-1-5-3-7-4-8-5/h5,7-8H,1-4H2,(H,9,10). The Balaban J connectivity index is 2.07. The van der Waals surface area contributed by atoms with Crippen molar-refractivity contribution in [3.63, 3.8) is 0 Å². The maximum Gasteiger partial charge on any atom is 0.303 e. The quantitative estimate of drug-likeness (QED) is 0.493. The lowest BCUT2D eigenvalue weighted by Gasteiger charge is -2.04. The molecule has 1 rings (SSSR count). The van der Waals surface area contributed by atoms with Gasteiger partial charge in [-0.05, 0) is 6.42 Å². The van der Waals surface area contributed by atoms with Crippen LogP contribution in [0.3, 0.4) is 0 Å². The number of carbonyl (C=O) groups is 1. The smallest absolute Gasteiger partial charge is 0.303 e. The van der Waals surface area contributed by atoms with E-state index in [0.717, 1.165) is 19.6 Å². The van der Waals surface area contributed by atoms with Crippen LogP contribution in [0.15, 0.2) is 0 Å². The van der Waals surface area contributed by atoms with Crippen molar-refractivity contribution >= 4 is 5.97 Å². The fourth-order valence-electron chi connectivity index (χ4n) is 1.04. The van der Waals surface area contributed by atoms with E-state index in [0.29, 0.717) is 6.04 Å². The molecule has 58 valence electrons. The molecule has 0 bridgehead atoms. The van der Waals surface area contributed by atoms with Gasteiger partial charge in [0.15, 0.2) is 0 Å². The molecule has 4 heteroatoms. The fourth-order valence-corrected chi connectivity index (χ4v) is 1.04. The Morgan fingerprint density at radius 2 is 2.50 bits per heavy atom. The predicted octanol–water partition coefficient (Wildman–Crippen LogP) is -0.630. The molecule has 0 amide bonds. The minimum absolute atomic E-state index is 0.263. The Morgan fingerprint density at radius 3 is 3.00 bits per heavy atom. The summed E-state index contributed by atoms with van der Waals surface area (Å²) in [5.74, 6) is -0.714. The second-order valence-corrected chi connectivity index (χ2v) is 2.46. The van der Waals surface area contributed by atoms with E-state index in [-0.39, 0.29) is 6.42 Å². The molecular formula is C6H12N2O2. The molecule has 1 fully saturated rings. The summed E-state index contributed by atoms with van der Waals surface area (Å²) in [5.41, 5.74) is 0. The van der Waals surface area contributed by atoms with Gasteiger partial charge < -0.3 is 15.7 Å². The normalized spacial score (nSPS) is 25.0. The Hall–Kier alpha value is -0.610. The molecule has 1 aliphatic heterocycles. The first kappa shape index (κ1) is 7.50. The number of rotatable bonds is 3. The third-order valence-electron chi connectivity index (χ3n) is 1.61. The Morgan fingerprint density at radius 1 is 1.70 bits per heavy atom. The zero-order valence-corrected chi connectivity index (χ0v) is 5.76. The number of carboxylic acids is 1. The lowest BCUT2D eigenvalue weighted by molar-refractivity contribution is -0.137. The van der Waals surface area contributed by atoms with Gasteiger partial charge in [0, 0.05) is 25.7 Å². The van der Waals surface area contributed by atoms with Gasteiger partial charge in [-0.3, -0.25) is 4.79 Å². The molecule has 0 aromatic carbocycles. The minimum Gasteiger partial charge on any atom is -0.481 e. The van der Waals surface area contributed by atoms with Gasteiger partial charge in [-0.1, -0.05) is 0 Å². The summed E-state index contributed by atoms with van der Waals surface area (Å²) in [6.45, 7) is 1.71. The van der Waals surface area contributed by atoms with Crippen LogP contribution >= 0.6 is 0 Å². The Bertz CT molecular complexity index is 121. The summed E-state index contributed by atoms with van der Waals surface area (Å²) in [7, 11) is 0. The van der Waals surface area contributed by atoms with E-state index in [1.807, 2.05) is 0 Å². The van der Waals surface area contributed by atoms with Crippen molar-refractivity contribution in [2.45, 2.75) is 18.9 Å². The van der Waals surface area contributed by atoms with Crippen molar-refractivity contribution in [2.24, 2.45) is 0 Å². The van der Waals surface area contributed by atoms with Gasteiger partial charge in [-0.25, -0.2) is 0 Å². The molecule has 1 saturated heterocycles. The first-order chi connectivity index (χ1) is 4.79. The van der Waals surface area contributed by atoms with E-state index in [2.05, 4.69) is 10.6 Å². The summed E-state index contributed by atoms with van der Waals surface area (Å²) in [6.07, 6.45) is 0.988. The zero-order valence-electron chi connectivity index (χ0n) is 5.76. The number of hydrogen-bond acceptors (Lipinski definition) is 3. The van der Waals surface area contributed by atoms with Gasteiger partial charge in [-0.2, -0.15) is 0 Å². The molecule has 0 spiro atoms. The van der Waals surface area contributed by atoms with Gasteiger partial charge in [0.05, 0.1) is 0 Å². The molecule has 1 unspecified atom stereocenters. The molecular weight excluding hydrogens is 132 g/mol. The fraction of sp³-hybridized carbons (Fsp3) is 0.833. The van der Waals surface area contributed by atoms with Crippen molar-refractivity contribution in [1.82, 2.24) is 10.6 Å². The Labute approximate surface area is 59.6 Å². The van der Waals surface area contributed by atoms with Crippen molar-refractivity contribution in [3.8, 4) is 0 Å². The molecule has 1 aliphatic rings. The van der Waals surface area contributed by atoms with Gasteiger partial charge in [0.25, 0.3) is 0 Å². The summed E-state index contributed by atoms with van der Waals surface area (Å²) < 4.78 is 0. The van der Waals surface area contributed by atoms with E-state index >= 15 is 0 Å². The van der Waals surface area contributed by atoms with Crippen LogP contribution in [0.2, 0.25) is 0 Å². The molecule has 0 saturated carbocycles. The molecule has 0 aromatic rings. The van der Waals surface area contributed by atoms with Crippen LogP contribution in [0.5, 0.6) is 0 Å². The van der Waals surface area contributed by atoms with Crippen molar-refractivity contribution < 1.29 is 9.90 Å². The van der Waals surface area contributed by atoms with E-state index in [9.17, 15) is 4.79 Å². The molecule has 4 nitrogen and oxygen atoms in total. The van der Waals surface area contributed by atoms with Gasteiger partial charge in [0.2, 0.25) is 0 Å². The summed E-state index contributed by atoms with van der Waals surface area (Å²) in [6, 6.07) is 0.357. The molecule has 0 aromatic heterocycles. The third-order valence-corrected chi connectivity index (χ3v) is 1.61. The van der Waals surface area contributed by atoms with Crippen LogP contribution in [0.1, 0.15) is 12.8 Å². The Kier molecular flexibility index (Phi) is 2.65. The van der Waals surface area contributed by atoms with Gasteiger partial charge in [-0.15, -0.1) is 0 Å². The largest absolute Gasteiger partial charge is 0.481 e. The lowest BCUT2D eigenvalue weighted by Crippen LogP contribution is -2.24. The van der Waals surface area contributed by atoms with E-state index < -0.39 is 5.97 Å². The van der Waals surface area contributed by atoms with Crippen LogP contribution < -0.4 is 10.6 Å². The van der Waals surface area contributed by atoms with Crippen molar-refractivity contribution in [2.75, 3.05) is 13.2 Å². The summed E-state index contributed by atoms with van der Waals surface area (Å²) >= 11 is 0. The highest BCUT2D eigenvalue weighted by molar-refractivity contribution is 5.66. The third kappa shape index (κ3) is 2.33. The topological polar surface area (TPSA) is 61.4 Å². The van der Waals surface area contributed by atoms with E-state index in [1.54, 1.807) is 0 Å². The number of hydrogen-bond donors (Lipinski definition) is 3. The van der Waals surface area contributed by atoms with Crippen LogP contribution in [0.4, 0.5) is 0 Å². The number of nitrogens with one attached hydrogen (secondary N) is 2. The minimum atomic E-state index is -0.714. The van der Waals surface area contributed by atoms with Crippen molar-refractivity contribution in [3.05, 3.63) is 0 Å². The molecule has 10 heavy (non-hydrogen) atoms. The van der Waals surface area contributed by atoms with Crippen LogP contribution in [-0.2, 0) is 4.79 Å². The SMILES string of the molecule is O=C(O)CCC1CNCN1. The highest BCUT2D eigenvalue weighted by Crippen LogP contribution is 1.98. The summed E-state index contributed by atoms with van der Waals surface area (Å²) in [4.78, 5) is 10.1. The van der Waals surface area contributed by atoms with Crippen molar-refractivity contribution in [1.29, 1.82) is 0 Å². The van der Waals surface area contributed by atoms with E-state index in [4.69, 9.17) is 5.11 Å². The average Bonchev–Trinajstić information content (AvgIpc) is 2.34. The predicted molar refractivity (Wildman–Crippen MR) is 36.7 cm³/mol. The van der Waals surface area contributed by atoms with Crippen LogP contribution in [0.25, 0.3) is 0 Å². The lowest BCUT2D eigenvalue weighted by atomic mass is 10.2. The average molecular weight is 144 g/mol. The van der Waals surface area contributed by atoms with Crippen LogP contribution in [0, 0.1) is 0 Å². The molecule has 1 heterocycles. The first-order valence-corrected chi connectivity index (χ1v) is 3.45. The number of aliphatic carboxylic acids is 1. The molecule has 3 N–H and O–H groups in total. The second-order valence-electron chi connectivity index (χ2n) is 2.46. The monoisotopic (exact) mass is 144 g/mol. The zero-order chi connectivity index (χ0) is 7.40. The van der Waals surface area contributed by atoms with Gasteiger partial charge >= 0.3 is 5.97 Å². The highest BCUT2D eigenvalue weighted by Gasteiger charge is 2.13. The first-order valence-electron chi connectivity index (χ1n) is 3.45. The van der Waals surface area contributed by atoms with Crippen LogP contribution in [-0.4, -0.2) is 30.3 Å². The summed E-state index contributed by atoms with van der Waals surface area (Å²) in [5, 5.41) is 14.6. The molecule has 0 aliphatic carbocycles. The maximum atomic E-state index is 10.1. The van der Waals surface area contributed by atoms with Gasteiger partial charge in [0.1, 0.15) is 0 Å². The molecule has 1 atom stereocenters. The second kappa shape index (κ2) is 3.53. The maximum absolute atomic E-state index is 10.1. The highest BCUT2D eigenvalue weighted by atomic mass is 16.4.